The Bertz CT molecular complexity index is 671. The van der Waals surface area contributed by atoms with Crippen molar-refractivity contribution in [3.8, 4) is 0 Å². The van der Waals surface area contributed by atoms with Crippen LogP contribution in [0.5, 0.6) is 0 Å². The van der Waals surface area contributed by atoms with Crippen LogP contribution in [-0.2, 0) is 24.2 Å². The number of thiophene rings is 1. The Balaban J connectivity index is 0.00000312. The minimum absolute atomic E-state index is 0. The van der Waals surface area contributed by atoms with Gasteiger partial charge in [-0.2, -0.15) is 0 Å². The first kappa shape index (κ1) is 22.3. The summed E-state index contributed by atoms with van der Waals surface area (Å²) in [6.07, 6.45) is 1.13. The maximum Gasteiger partial charge on any atom is 0.194 e. The number of methoxy groups -OCH3 is 1. The number of hydrogen-bond donors (Lipinski definition) is 1. The van der Waals surface area contributed by atoms with Gasteiger partial charge in [-0.15, -0.1) is 46.7 Å². The molecule has 0 aromatic carbocycles. The van der Waals surface area contributed by atoms with Gasteiger partial charge in [-0.05, 0) is 25.5 Å². The summed E-state index contributed by atoms with van der Waals surface area (Å²) in [4.78, 5) is 13.8. The smallest absolute Gasteiger partial charge is 0.194 e. The molecule has 8 heteroatoms. The molecule has 140 valence electrons. The van der Waals surface area contributed by atoms with Crippen molar-refractivity contribution in [1.29, 1.82) is 0 Å². The number of aliphatic imine (C=N–C) groups is 1. The standard InChI is InChI=1S/C17H26N4OS2.HI/c1-6-14-7-8-15(24-14)9-19-17(18-3)21(4)10-13-11-23-16(20-13)12(2)22-5;/h7-8,11-12H,6,9-10H2,1-5H3,(H,18,19);1H. The molecule has 0 bridgehead atoms. The van der Waals surface area contributed by atoms with Crippen LogP contribution in [0, 0.1) is 0 Å². The predicted octanol–water partition coefficient (Wildman–Crippen LogP) is 4.30. The lowest BCUT2D eigenvalue weighted by Crippen LogP contribution is -2.37. The molecule has 25 heavy (non-hydrogen) atoms. The number of aromatic nitrogens is 1. The maximum atomic E-state index is 5.32. The van der Waals surface area contributed by atoms with Crippen molar-refractivity contribution in [2.75, 3.05) is 21.2 Å². The molecule has 0 radical (unpaired) electrons. The van der Waals surface area contributed by atoms with Crippen molar-refractivity contribution in [3.63, 3.8) is 0 Å². The Morgan fingerprint density at radius 1 is 1.40 bits per heavy atom. The summed E-state index contributed by atoms with van der Waals surface area (Å²) < 4.78 is 5.32. The SMILES string of the molecule is CCc1ccc(CNC(=NC)N(C)Cc2csc(C(C)OC)n2)s1.I. The normalized spacial score (nSPS) is 12.6. The molecule has 0 amide bonds. The van der Waals surface area contributed by atoms with Gasteiger partial charge >= 0.3 is 0 Å². The van der Waals surface area contributed by atoms with Gasteiger partial charge in [0.1, 0.15) is 11.1 Å². The van der Waals surface area contributed by atoms with Crippen molar-refractivity contribution in [2.24, 2.45) is 4.99 Å². The van der Waals surface area contributed by atoms with Crippen LogP contribution in [0.2, 0.25) is 0 Å². The third-order valence-electron chi connectivity index (χ3n) is 3.73. The summed E-state index contributed by atoms with van der Waals surface area (Å²) in [5.41, 5.74) is 1.04. The van der Waals surface area contributed by atoms with E-state index in [0.717, 1.165) is 36.2 Å². The highest BCUT2D eigenvalue weighted by molar-refractivity contribution is 14.0. The highest BCUT2D eigenvalue weighted by atomic mass is 127. The number of guanidine groups is 1. The molecule has 2 rings (SSSR count). The van der Waals surface area contributed by atoms with Crippen LogP contribution in [0.1, 0.15) is 40.4 Å². The molecule has 1 N–H and O–H groups in total. The molecule has 1 atom stereocenters. The van der Waals surface area contributed by atoms with Gasteiger partial charge in [0.25, 0.3) is 0 Å². The summed E-state index contributed by atoms with van der Waals surface area (Å²) >= 11 is 3.49. The molecule has 0 saturated carbocycles. The number of thiazole rings is 1. The number of nitrogens with one attached hydrogen (secondary N) is 1. The maximum absolute atomic E-state index is 5.32. The Morgan fingerprint density at radius 2 is 2.12 bits per heavy atom. The van der Waals surface area contributed by atoms with Gasteiger partial charge in [0.15, 0.2) is 5.96 Å². The minimum atomic E-state index is 0. The Labute approximate surface area is 175 Å². The summed E-state index contributed by atoms with van der Waals surface area (Å²) in [5.74, 6) is 0.871. The molecule has 0 aliphatic heterocycles. The lowest BCUT2D eigenvalue weighted by Gasteiger charge is -2.21. The van der Waals surface area contributed by atoms with E-state index in [1.54, 1.807) is 18.4 Å². The molecular formula is C17H27IN4OS2. The van der Waals surface area contributed by atoms with Gasteiger partial charge < -0.3 is 15.0 Å². The fourth-order valence-electron chi connectivity index (χ4n) is 2.26. The van der Waals surface area contributed by atoms with E-state index >= 15 is 0 Å². The van der Waals surface area contributed by atoms with Crippen molar-refractivity contribution < 1.29 is 4.74 Å². The van der Waals surface area contributed by atoms with E-state index in [1.807, 2.05) is 32.4 Å². The average Bonchev–Trinajstić information content (AvgIpc) is 3.24. The third kappa shape index (κ3) is 6.50. The fourth-order valence-corrected chi connectivity index (χ4v) is 4.00. The van der Waals surface area contributed by atoms with Crippen LogP contribution >= 0.6 is 46.7 Å². The second kappa shape index (κ2) is 11.1. The zero-order valence-corrected chi connectivity index (χ0v) is 19.4. The summed E-state index contributed by atoms with van der Waals surface area (Å²) in [5, 5.41) is 6.51. The van der Waals surface area contributed by atoms with Crippen LogP contribution < -0.4 is 5.32 Å². The van der Waals surface area contributed by atoms with Crippen LogP contribution in [0.3, 0.4) is 0 Å². The zero-order valence-electron chi connectivity index (χ0n) is 15.4. The molecule has 0 saturated heterocycles. The van der Waals surface area contributed by atoms with Crippen LogP contribution in [0.15, 0.2) is 22.5 Å². The third-order valence-corrected chi connectivity index (χ3v) is 6.01. The number of aryl methyl sites for hydroxylation is 1. The number of nitrogens with zero attached hydrogens (tertiary/aromatic N) is 3. The highest BCUT2D eigenvalue weighted by Gasteiger charge is 2.12. The molecular weight excluding hydrogens is 467 g/mol. The van der Waals surface area contributed by atoms with E-state index < -0.39 is 0 Å². The number of halogens is 1. The first-order valence-electron chi connectivity index (χ1n) is 8.03. The van der Waals surface area contributed by atoms with E-state index in [-0.39, 0.29) is 30.1 Å². The van der Waals surface area contributed by atoms with Crippen LogP contribution in [0.25, 0.3) is 0 Å². The number of ether oxygens (including phenoxy) is 1. The van der Waals surface area contributed by atoms with Gasteiger partial charge in [0, 0.05) is 36.3 Å². The van der Waals surface area contributed by atoms with Crippen molar-refractivity contribution in [2.45, 2.75) is 39.5 Å². The van der Waals surface area contributed by atoms with E-state index in [2.05, 4.69) is 44.6 Å². The number of hydrogen-bond acceptors (Lipinski definition) is 5. The van der Waals surface area contributed by atoms with E-state index in [9.17, 15) is 0 Å². The highest BCUT2D eigenvalue weighted by Crippen LogP contribution is 2.21. The van der Waals surface area contributed by atoms with Gasteiger partial charge in [-0.1, -0.05) is 6.92 Å². The van der Waals surface area contributed by atoms with E-state index in [0.29, 0.717) is 0 Å². The quantitative estimate of drug-likeness (QED) is 0.354. The Morgan fingerprint density at radius 3 is 2.72 bits per heavy atom. The van der Waals surface area contributed by atoms with Gasteiger partial charge in [-0.3, -0.25) is 4.99 Å². The molecule has 0 aliphatic carbocycles. The van der Waals surface area contributed by atoms with Gasteiger partial charge in [-0.25, -0.2) is 4.98 Å². The van der Waals surface area contributed by atoms with Crippen molar-refractivity contribution >= 4 is 52.6 Å². The first-order chi connectivity index (χ1) is 11.6. The second-order valence-corrected chi connectivity index (χ2v) is 7.68. The lowest BCUT2D eigenvalue weighted by atomic mass is 10.3. The van der Waals surface area contributed by atoms with Gasteiger partial charge in [0.2, 0.25) is 0 Å². The number of rotatable bonds is 7. The summed E-state index contributed by atoms with van der Waals surface area (Å²) in [7, 11) is 5.54. The molecule has 0 fully saturated rings. The summed E-state index contributed by atoms with van der Waals surface area (Å²) in [6, 6.07) is 4.38. The minimum Gasteiger partial charge on any atom is -0.375 e. The Hall–Kier alpha value is -0.710. The molecule has 2 aromatic rings. The van der Waals surface area contributed by atoms with Gasteiger partial charge in [0.05, 0.1) is 18.8 Å². The van der Waals surface area contributed by atoms with Crippen molar-refractivity contribution in [1.82, 2.24) is 15.2 Å². The molecule has 1 unspecified atom stereocenters. The summed E-state index contributed by atoms with van der Waals surface area (Å²) in [6.45, 7) is 5.71. The molecule has 0 spiro atoms. The topological polar surface area (TPSA) is 49.8 Å². The molecule has 5 nitrogen and oxygen atoms in total. The monoisotopic (exact) mass is 494 g/mol. The predicted molar refractivity (Wildman–Crippen MR) is 118 cm³/mol. The first-order valence-corrected chi connectivity index (χ1v) is 9.73. The van der Waals surface area contributed by atoms with Crippen LogP contribution in [-0.4, -0.2) is 37.0 Å². The van der Waals surface area contributed by atoms with E-state index in [4.69, 9.17) is 4.74 Å². The molecule has 2 heterocycles. The molecule has 2 aromatic heterocycles. The Kier molecular flexibility index (Phi) is 9.91. The molecule has 0 aliphatic rings. The zero-order chi connectivity index (χ0) is 17.5. The van der Waals surface area contributed by atoms with Crippen LogP contribution in [0.4, 0.5) is 0 Å². The fraction of sp³-hybridized carbons (Fsp3) is 0.529. The van der Waals surface area contributed by atoms with E-state index in [1.165, 1.54) is 9.75 Å². The second-order valence-electron chi connectivity index (χ2n) is 5.53. The lowest BCUT2D eigenvalue weighted by molar-refractivity contribution is 0.119. The van der Waals surface area contributed by atoms with Crippen molar-refractivity contribution in [3.05, 3.63) is 38.0 Å². The average molecular weight is 494 g/mol. The largest absolute Gasteiger partial charge is 0.375 e.